The number of halogens is 1. The molecule has 29 heavy (non-hydrogen) atoms. The summed E-state index contributed by atoms with van der Waals surface area (Å²) < 4.78 is 11.3. The molecule has 2 aromatic heterocycles. The first-order valence-electron chi connectivity index (χ1n) is 9.29. The first kappa shape index (κ1) is 20.6. The van der Waals surface area contributed by atoms with Gasteiger partial charge in [-0.3, -0.25) is 4.79 Å². The number of likely N-dealkylation sites (N-methyl/N-ethyl adjacent to an activating group) is 1. The summed E-state index contributed by atoms with van der Waals surface area (Å²) in [5.74, 6) is -0.0168. The predicted molar refractivity (Wildman–Crippen MR) is 113 cm³/mol. The van der Waals surface area contributed by atoms with Crippen molar-refractivity contribution in [2.24, 2.45) is 0 Å². The van der Waals surface area contributed by atoms with Gasteiger partial charge in [-0.15, -0.1) is 11.3 Å². The smallest absolute Gasteiger partial charge is 0.399 e. The van der Waals surface area contributed by atoms with Crippen LogP contribution in [-0.4, -0.2) is 67.7 Å². The molecule has 0 aliphatic carbocycles. The highest BCUT2D eigenvalue weighted by Crippen LogP contribution is 2.30. The quantitative estimate of drug-likeness (QED) is 0.767. The maximum absolute atomic E-state index is 13.0. The Labute approximate surface area is 182 Å². The van der Waals surface area contributed by atoms with E-state index in [0.29, 0.717) is 22.5 Å². The maximum atomic E-state index is 13.0. The number of hydrogen-bond donors (Lipinski definition) is 1. The zero-order valence-electron chi connectivity index (χ0n) is 16.1. The topological polar surface area (TPSA) is 71.1 Å². The number of hydrogen-bond acceptors (Lipinski definition) is 7. The largest absolute Gasteiger partial charge is 0.413 e. The number of rotatable bonds is 4. The molecule has 2 aromatic rings. The molecule has 0 spiro atoms. The molecule has 156 valence electrons. The third-order valence-electron chi connectivity index (χ3n) is 5.17. The SMILES string of the molecule is COC1CN(C(=O)c2cc3c(s2)CCN(C)C3)CC1NC(=O)Oc1ccc(Cl)s1. The summed E-state index contributed by atoms with van der Waals surface area (Å²) in [7, 11) is 3.67. The molecular weight excluding hydrogens is 434 g/mol. The van der Waals surface area contributed by atoms with Crippen molar-refractivity contribution in [2.45, 2.75) is 25.1 Å². The molecule has 7 nitrogen and oxygen atoms in total. The van der Waals surface area contributed by atoms with E-state index in [2.05, 4.69) is 17.3 Å². The molecule has 10 heteroatoms. The Balaban J connectivity index is 1.39. The molecule has 4 rings (SSSR count). The number of thiophene rings is 2. The highest BCUT2D eigenvalue weighted by atomic mass is 35.5. The van der Waals surface area contributed by atoms with Crippen molar-refractivity contribution < 1.29 is 19.1 Å². The predicted octanol–water partition coefficient (Wildman–Crippen LogP) is 3.08. The van der Waals surface area contributed by atoms with Gasteiger partial charge >= 0.3 is 6.09 Å². The molecule has 2 unspecified atom stereocenters. The van der Waals surface area contributed by atoms with Gasteiger partial charge in [0.15, 0.2) is 5.06 Å². The van der Waals surface area contributed by atoms with E-state index in [4.69, 9.17) is 21.1 Å². The van der Waals surface area contributed by atoms with Crippen LogP contribution in [0.25, 0.3) is 0 Å². The summed E-state index contributed by atoms with van der Waals surface area (Å²) in [6.45, 7) is 2.69. The molecule has 2 aliphatic rings. The molecule has 1 N–H and O–H groups in total. The average molecular weight is 456 g/mol. The molecule has 2 atom stereocenters. The minimum absolute atomic E-state index is 0.0168. The van der Waals surface area contributed by atoms with Gasteiger partial charge in [0.25, 0.3) is 5.91 Å². The van der Waals surface area contributed by atoms with E-state index in [1.165, 1.54) is 21.8 Å². The number of fused-ring (bicyclic) bond motifs is 1. The second-order valence-electron chi connectivity index (χ2n) is 7.23. The van der Waals surface area contributed by atoms with Crippen LogP contribution in [0.15, 0.2) is 18.2 Å². The van der Waals surface area contributed by atoms with Gasteiger partial charge in [-0.05, 0) is 37.2 Å². The van der Waals surface area contributed by atoms with Crippen LogP contribution in [0, 0.1) is 0 Å². The lowest BCUT2D eigenvalue weighted by atomic mass is 10.1. The molecule has 0 radical (unpaired) electrons. The van der Waals surface area contributed by atoms with Gasteiger partial charge in [0.05, 0.1) is 21.4 Å². The van der Waals surface area contributed by atoms with Crippen molar-refractivity contribution in [1.29, 1.82) is 0 Å². The Morgan fingerprint density at radius 1 is 1.28 bits per heavy atom. The number of amides is 2. The molecular formula is C19H22ClN3O4S2. The normalized spacial score (nSPS) is 21.8. The summed E-state index contributed by atoms with van der Waals surface area (Å²) in [5.41, 5.74) is 1.24. The average Bonchev–Trinajstić information content (AvgIpc) is 3.39. The third kappa shape index (κ3) is 4.59. The van der Waals surface area contributed by atoms with Crippen molar-refractivity contribution in [3.05, 3.63) is 37.9 Å². The van der Waals surface area contributed by atoms with Crippen LogP contribution in [0.5, 0.6) is 5.06 Å². The van der Waals surface area contributed by atoms with Gasteiger partial charge in [0.2, 0.25) is 0 Å². The number of likely N-dealkylation sites (tertiary alicyclic amines) is 1. The van der Waals surface area contributed by atoms with Crippen molar-refractivity contribution in [3.8, 4) is 5.06 Å². The molecule has 1 saturated heterocycles. The Bertz CT molecular complexity index is 915. The second-order valence-corrected chi connectivity index (χ2v) is 10.0. The fourth-order valence-electron chi connectivity index (χ4n) is 3.68. The van der Waals surface area contributed by atoms with Gasteiger partial charge in [0.1, 0.15) is 0 Å². The number of carbonyl (C=O) groups excluding carboxylic acids is 2. The molecule has 0 bridgehead atoms. The highest BCUT2D eigenvalue weighted by Gasteiger charge is 2.38. The second kappa shape index (κ2) is 8.61. The first-order chi connectivity index (χ1) is 13.9. The van der Waals surface area contributed by atoms with Crippen molar-refractivity contribution in [3.63, 3.8) is 0 Å². The van der Waals surface area contributed by atoms with Crippen molar-refractivity contribution >= 4 is 46.3 Å². The van der Waals surface area contributed by atoms with E-state index in [-0.39, 0.29) is 18.1 Å². The van der Waals surface area contributed by atoms with Gasteiger partial charge in [-0.2, -0.15) is 0 Å². The third-order valence-corrected chi connectivity index (χ3v) is 7.50. The Hall–Kier alpha value is -1.65. The molecule has 1 fully saturated rings. The summed E-state index contributed by atoms with van der Waals surface area (Å²) in [6, 6.07) is 4.98. The zero-order valence-corrected chi connectivity index (χ0v) is 18.5. The van der Waals surface area contributed by atoms with Crippen LogP contribution in [0.3, 0.4) is 0 Å². The number of carbonyl (C=O) groups is 2. The van der Waals surface area contributed by atoms with E-state index < -0.39 is 6.09 Å². The fraction of sp³-hybridized carbons (Fsp3) is 0.474. The number of nitrogens with one attached hydrogen (secondary N) is 1. The summed E-state index contributed by atoms with van der Waals surface area (Å²) in [5, 5.41) is 3.23. The number of methoxy groups -OCH3 is 1. The van der Waals surface area contributed by atoms with Gasteiger partial charge in [-0.1, -0.05) is 22.9 Å². The van der Waals surface area contributed by atoms with Crippen LogP contribution in [0.1, 0.15) is 20.1 Å². The number of ether oxygens (including phenoxy) is 2. The van der Waals surface area contributed by atoms with Crippen molar-refractivity contribution in [2.75, 3.05) is 33.8 Å². The Morgan fingerprint density at radius 3 is 2.83 bits per heavy atom. The van der Waals surface area contributed by atoms with E-state index in [0.717, 1.165) is 24.4 Å². The van der Waals surface area contributed by atoms with Crippen molar-refractivity contribution in [1.82, 2.24) is 15.1 Å². The molecule has 2 amide bonds. The zero-order chi connectivity index (χ0) is 20.5. The number of nitrogens with zero attached hydrogens (tertiary/aromatic N) is 2. The van der Waals surface area contributed by atoms with E-state index in [1.54, 1.807) is 35.5 Å². The van der Waals surface area contributed by atoms with Crippen LogP contribution in [0.2, 0.25) is 4.34 Å². The molecule has 0 saturated carbocycles. The van der Waals surface area contributed by atoms with Crippen LogP contribution >= 0.6 is 34.3 Å². The monoisotopic (exact) mass is 455 g/mol. The van der Waals surface area contributed by atoms with Gasteiger partial charge in [0, 0.05) is 38.2 Å². The highest BCUT2D eigenvalue weighted by molar-refractivity contribution is 7.17. The van der Waals surface area contributed by atoms with E-state index in [9.17, 15) is 9.59 Å². The van der Waals surface area contributed by atoms with Crippen LogP contribution in [0.4, 0.5) is 4.79 Å². The lowest BCUT2D eigenvalue weighted by molar-refractivity contribution is 0.0711. The first-order valence-corrected chi connectivity index (χ1v) is 11.3. The van der Waals surface area contributed by atoms with Gasteiger partial charge in [-0.25, -0.2) is 4.79 Å². The van der Waals surface area contributed by atoms with Crippen LogP contribution < -0.4 is 10.1 Å². The summed E-state index contributed by atoms with van der Waals surface area (Å²) in [6.07, 6.45) is 0.103. The lowest BCUT2D eigenvalue weighted by Gasteiger charge is -2.21. The molecule has 0 aromatic carbocycles. The van der Waals surface area contributed by atoms with E-state index in [1.807, 2.05) is 6.07 Å². The van der Waals surface area contributed by atoms with Crippen LogP contribution in [-0.2, 0) is 17.7 Å². The standard InChI is InChI=1S/C19H22ClN3O4S2/c1-22-6-5-14-11(8-22)7-15(28-14)18(24)23-9-12(13(10-23)26-2)21-19(25)27-17-4-3-16(20)29-17/h3-4,7,12-13H,5-6,8-10H2,1-2H3,(H,21,25). The Kier molecular flexibility index (Phi) is 6.12. The minimum Gasteiger partial charge on any atom is -0.399 e. The maximum Gasteiger partial charge on any atom is 0.413 e. The van der Waals surface area contributed by atoms with E-state index >= 15 is 0 Å². The lowest BCUT2D eigenvalue weighted by Crippen LogP contribution is -2.44. The van der Waals surface area contributed by atoms with Gasteiger partial charge < -0.3 is 24.6 Å². The summed E-state index contributed by atoms with van der Waals surface area (Å²) in [4.78, 5) is 31.3. The molecule has 2 aliphatic heterocycles. The Morgan fingerprint density at radius 2 is 2.10 bits per heavy atom. The minimum atomic E-state index is -0.584. The summed E-state index contributed by atoms with van der Waals surface area (Å²) >= 11 is 8.62. The fourth-order valence-corrected chi connectivity index (χ4v) is 5.68. The molecule has 4 heterocycles.